The summed E-state index contributed by atoms with van der Waals surface area (Å²) in [6.45, 7) is 0. The number of benzene rings is 1. The van der Waals surface area contributed by atoms with E-state index >= 15 is 0 Å². The third kappa shape index (κ3) is 2.99. The van der Waals surface area contributed by atoms with Crippen molar-refractivity contribution in [3.05, 3.63) is 59.7 Å². The van der Waals surface area contributed by atoms with Crippen LogP contribution in [0.2, 0.25) is 5.02 Å². The van der Waals surface area contributed by atoms with E-state index in [1.54, 1.807) is 43.1 Å². The maximum atomic E-state index is 6.04. The average Bonchev–Trinajstić information content (AvgIpc) is 2.35. The molecule has 0 bridgehead atoms. The molecule has 2 aromatic rings. The number of nitrogens with zero attached hydrogens (tertiary/aromatic N) is 1. The number of terminal acetylenes is 1. The highest BCUT2D eigenvalue weighted by Gasteiger charge is 2.04. The minimum atomic E-state index is 0.531. The molecule has 0 atom stereocenters. The number of pyridine rings is 1. The molecule has 0 saturated carbocycles. The first-order valence-electron chi connectivity index (χ1n) is 4.96. The van der Waals surface area contributed by atoms with Crippen molar-refractivity contribution in [3.63, 3.8) is 0 Å². The van der Waals surface area contributed by atoms with Crippen LogP contribution in [-0.4, -0.2) is 4.98 Å². The van der Waals surface area contributed by atoms with Crippen molar-refractivity contribution in [3.8, 4) is 23.8 Å². The molecule has 1 radical (unpaired) electrons. The lowest BCUT2D eigenvalue weighted by atomic mass is 10.1. The van der Waals surface area contributed by atoms with Gasteiger partial charge in [0.1, 0.15) is 11.5 Å². The topological polar surface area (TPSA) is 22.1 Å². The van der Waals surface area contributed by atoms with Crippen molar-refractivity contribution < 1.29 is 4.74 Å². The molecule has 3 heteroatoms. The fourth-order valence-electron chi connectivity index (χ4n) is 1.32. The molecule has 1 aromatic heterocycles. The number of halogens is 1. The minimum absolute atomic E-state index is 0.531. The molecule has 0 saturated heterocycles. The zero-order chi connectivity index (χ0) is 12.1. The van der Waals surface area contributed by atoms with Crippen molar-refractivity contribution >= 4 is 11.6 Å². The summed E-state index contributed by atoms with van der Waals surface area (Å²) in [4.78, 5) is 3.96. The van der Waals surface area contributed by atoms with Crippen LogP contribution in [0.4, 0.5) is 0 Å². The molecule has 0 aliphatic heterocycles. The van der Waals surface area contributed by atoms with Crippen molar-refractivity contribution in [1.29, 1.82) is 0 Å². The SMILES string of the molecule is C#C[CH]c1ccc(Cl)c(Oc2cccnc2)c1. The summed E-state index contributed by atoms with van der Waals surface area (Å²) in [5, 5.41) is 0.531. The van der Waals surface area contributed by atoms with E-state index in [1.165, 1.54) is 0 Å². The Balaban J connectivity index is 2.26. The minimum Gasteiger partial charge on any atom is -0.454 e. The second kappa shape index (κ2) is 5.38. The van der Waals surface area contributed by atoms with E-state index in [2.05, 4.69) is 10.9 Å². The lowest BCUT2D eigenvalue weighted by molar-refractivity contribution is 0.480. The standard InChI is InChI=1S/C14H9ClNO/c1-2-4-11-6-7-13(15)14(9-11)17-12-5-3-8-16-10-12/h1,3-10H. The Morgan fingerprint density at radius 2 is 2.24 bits per heavy atom. The Kier molecular flexibility index (Phi) is 3.64. The first-order chi connectivity index (χ1) is 8.29. The third-order valence-corrected chi connectivity index (χ3v) is 2.38. The fourth-order valence-corrected chi connectivity index (χ4v) is 1.47. The van der Waals surface area contributed by atoms with Gasteiger partial charge < -0.3 is 4.74 Å². The van der Waals surface area contributed by atoms with Crippen LogP contribution in [0.1, 0.15) is 5.56 Å². The van der Waals surface area contributed by atoms with Gasteiger partial charge in [0.25, 0.3) is 0 Å². The summed E-state index contributed by atoms with van der Waals surface area (Å²) in [5.74, 6) is 3.65. The van der Waals surface area contributed by atoms with Crippen LogP contribution in [-0.2, 0) is 0 Å². The number of hydrogen-bond acceptors (Lipinski definition) is 2. The molecule has 0 aliphatic rings. The van der Waals surface area contributed by atoms with E-state index in [4.69, 9.17) is 22.8 Å². The normalized spacial score (nSPS) is 9.65. The zero-order valence-electron chi connectivity index (χ0n) is 8.93. The van der Waals surface area contributed by atoms with Gasteiger partial charge in [-0.1, -0.05) is 23.6 Å². The number of hydrogen-bond donors (Lipinski definition) is 0. The lowest BCUT2D eigenvalue weighted by Crippen LogP contribution is -1.88. The molecule has 17 heavy (non-hydrogen) atoms. The Bertz CT molecular complexity index is 546. The van der Waals surface area contributed by atoms with Crippen LogP contribution in [0, 0.1) is 18.8 Å². The Morgan fingerprint density at radius 1 is 1.35 bits per heavy atom. The van der Waals surface area contributed by atoms with Gasteiger partial charge in [-0.05, 0) is 29.8 Å². The second-order valence-electron chi connectivity index (χ2n) is 3.29. The molecule has 1 aromatic carbocycles. The summed E-state index contributed by atoms with van der Waals surface area (Å²) >= 11 is 6.04. The van der Waals surface area contributed by atoms with E-state index in [-0.39, 0.29) is 0 Å². The first kappa shape index (κ1) is 11.5. The van der Waals surface area contributed by atoms with Gasteiger partial charge in [-0.2, -0.15) is 0 Å². The Hall–Kier alpha value is -1.98. The molecular weight excluding hydrogens is 234 g/mol. The van der Waals surface area contributed by atoms with Gasteiger partial charge in [0.05, 0.1) is 17.6 Å². The molecular formula is C14H9ClNO. The smallest absolute Gasteiger partial charge is 0.146 e. The molecule has 1 heterocycles. The third-order valence-electron chi connectivity index (χ3n) is 2.07. The average molecular weight is 243 g/mol. The molecule has 0 N–H and O–H groups in total. The van der Waals surface area contributed by atoms with Crippen LogP contribution in [0.3, 0.4) is 0 Å². The second-order valence-corrected chi connectivity index (χ2v) is 3.70. The summed E-state index contributed by atoms with van der Waals surface area (Å²) in [5.41, 5.74) is 0.871. The molecule has 2 nitrogen and oxygen atoms in total. The van der Waals surface area contributed by atoms with Gasteiger partial charge in [0.2, 0.25) is 0 Å². The van der Waals surface area contributed by atoms with Gasteiger partial charge in [0.15, 0.2) is 0 Å². The molecule has 0 fully saturated rings. The summed E-state index contributed by atoms with van der Waals surface area (Å²) in [6.07, 6.45) is 10.2. The molecule has 83 valence electrons. The van der Waals surface area contributed by atoms with E-state index < -0.39 is 0 Å². The van der Waals surface area contributed by atoms with Crippen LogP contribution in [0.25, 0.3) is 0 Å². The highest BCUT2D eigenvalue weighted by molar-refractivity contribution is 6.32. The fraction of sp³-hybridized carbons (Fsp3) is 0. The number of ether oxygens (including phenoxy) is 1. The molecule has 0 aliphatic carbocycles. The Morgan fingerprint density at radius 3 is 2.94 bits per heavy atom. The lowest BCUT2D eigenvalue weighted by Gasteiger charge is -2.08. The van der Waals surface area contributed by atoms with Gasteiger partial charge in [-0.15, -0.1) is 6.42 Å². The van der Waals surface area contributed by atoms with E-state index in [1.807, 2.05) is 6.07 Å². The van der Waals surface area contributed by atoms with E-state index in [9.17, 15) is 0 Å². The number of rotatable bonds is 3. The van der Waals surface area contributed by atoms with Gasteiger partial charge in [-0.3, -0.25) is 4.98 Å². The highest BCUT2D eigenvalue weighted by atomic mass is 35.5. The van der Waals surface area contributed by atoms with E-state index in [0.717, 1.165) is 5.56 Å². The maximum Gasteiger partial charge on any atom is 0.146 e. The summed E-state index contributed by atoms with van der Waals surface area (Å²) < 4.78 is 5.61. The predicted molar refractivity (Wildman–Crippen MR) is 68.0 cm³/mol. The van der Waals surface area contributed by atoms with Crippen molar-refractivity contribution in [2.75, 3.05) is 0 Å². The predicted octanol–water partition coefficient (Wildman–Crippen LogP) is 3.71. The first-order valence-corrected chi connectivity index (χ1v) is 5.34. The molecule has 0 unspecified atom stereocenters. The van der Waals surface area contributed by atoms with E-state index in [0.29, 0.717) is 16.5 Å². The van der Waals surface area contributed by atoms with Crippen LogP contribution in [0.15, 0.2) is 42.7 Å². The maximum absolute atomic E-state index is 6.04. The van der Waals surface area contributed by atoms with Gasteiger partial charge >= 0.3 is 0 Å². The Labute approximate surface area is 105 Å². The van der Waals surface area contributed by atoms with Crippen LogP contribution < -0.4 is 4.74 Å². The quantitative estimate of drug-likeness (QED) is 0.766. The van der Waals surface area contributed by atoms with Gasteiger partial charge in [0, 0.05) is 6.20 Å². The molecule has 0 amide bonds. The largest absolute Gasteiger partial charge is 0.454 e. The van der Waals surface area contributed by atoms with Crippen molar-refractivity contribution in [1.82, 2.24) is 4.98 Å². The molecule has 2 rings (SSSR count). The highest BCUT2D eigenvalue weighted by Crippen LogP contribution is 2.30. The van der Waals surface area contributed by atoms with Crippen LogP contribution >= 0.6 is 11.6 Å². The van der Waals surface area contributed by atoms with Crippen molar-refractivity contribution in [2.24, 2.45) is 0 Å². The van der Waals surface area contributed by atoms with Crippen LogP contribution in [0.5, 0.6) is 11.5 Å². The number of aromatic nitrogens is 1. The summed E-state index contributed by atoms with van der Waals surface area (Å²) in [7, 11) is 0. The van der Waals surface area contributed by atoms with Crippen molar-refractivity contribution in [2.45, 2.75) is 0 Å². The molecule has 0 spiro atoms. The monoisotopic (exact) mass is 242 g/mol. The zero-order valence-corrected chi connectivity index (χ0v) is 9.69. The van der Waals surface area contributed by atoms with Gasteiger partial charge in [-0.25, -0.2) is 0 Å². The summed E-state index contributed by atoms with van der Waals surface area (Å²) in [6, 6.07) is 8.96.